The van der Waals surface area contributed by atoms with Crippen molar-refractivity contribution in [1.82, 2.24) is 19.3 Å². The first-order valence-electron chi connectivity index (χ1n) is 12.1. The summed E-state index contributed by atoms with van der Waals surface area (Å²) in [5.74, 6) is -0.522. The van der Waals surface area contributed by atoms with E-state index < -0.39 is 41.8 Å². The molecule has 0 saturated carbocycles. The van der Waals surface area contributed by atoms with Gasteiger partial charge in [-0.15, -0.1) is 0 Å². The second-order valence-electron chi connectivity index (χ2n) is 10.7. The Morgan fingerprint density at radius 1 is 1.11 bits per heavy atom. The van der Waals surface area contributed by atoms with Crippen LogP contribution in [0.3, 0.4) is 0 Å². The standard InChI is InChI=1S/C26H33N5O5/c1-25(2,3)36-24(32)31-18(14-33-13-16-9-7-6-8-10-16)20-21(35-26(4,5)34-20)19(31)17-11-12-30-22(17)28-15-29-23(30)27/h6-12,15,18-21H,13-14H2,1-5H3,(H2,27,28,29)/t18-,19+,20-,21+/m1/s1. The number of aromatic nitrogens is 3. The molecule has 0 spiro atoms. The van der Waals surface area contributed by atoms with Crippen LogP contribution in [0.25, 0.3) is 5.65 Å². The molecule has 192 valence electrons. The van der Waals surface area contributed by atoms with Gasteiger partial charge in [0, 0.05) is 11.8 Å². The van der Waals surface area contributed by atoms with Gasteiger partial charge in [0.05, 0.1) is 25.3 Å². The number of fused-ring (bicyclic) bond motifs is 2. The van der Waals surface area contributed by atoms with Crippen molar-refractivity contribution in [3.8, 4) is 0 Å². The molecule has 2 saturated heterocycles. The van der Waals surface area contributed by atoms with Gasteiger partial charge in [0.25, 0.3) is 0 Å². The number of carbonyl (C=O) groups excluding carboxylic acids is 1. The summed E-state index contributed by atoms with van der Waals surface area (Å²) in [4.78, 5) is 23.9. The van der Waals surface area contributed by atoms with E-state index in [1.807, 2.05) is 71.0 Å². The summed E-state index contributed by atoms with van der Waals surface area (Å²) in [6, 6.07) is 10.8. The average Bonchev–Trinajstić information content (AvgIpc) is 3.43. The van der Waals surface area contributed by atoms with E-state index in [0.717, 1.165) is 11.1 Å². The number of anilines is 1. The van der Waals surface area contributed by atoms with Gasteiger partial charge >= 0.3 is 6.09 Å². The molecule has 2 aromatic heterocycles. The number of hydrogen-bond donors (Lipinski definition) is 1. The van der Waals surface area contributed by atoms with Crippen LogP contribution in [0.1, 0.15) is 51.8 Å². The van der Waals surface area contributed by atoms with E-state index in [0.29, 0.717) is 18.2 Å². The van der Waals surface area contributed by atoms with Gasteiger partial charge in [0.2, 0.25) is 5.95 Å². The van der Waals surface area contributed by atoms with Crippen LogP contribution < -0.4 is 5.73 Å². The molecule has 0 aliphatic carbocycles. The van der Waals surface area contributed by atoms with Crippen LogP contribution in [0, 0.1) is 0 Å². The fourth-order valence-electron chi connectivity index (χ4n) is 5.02. The minimum atomic E-state index is -0.825. The van der Waals surface area contributed by atoms with Gasteiger partial charge in [0.1, 0.15) is 29.8 Å². The molecule has 2 aliphatic heterocycles. The number of nitrogen functional groups attached to an aromatic ring is 1. The number of amides is 1. The summed E-state index contributed by atoms with van der Waals surface area (Å²) in [6.07, 6.45) is 1.85. The highest BCUT2D eigenvalue weighted by atomic mass is 16.8. The van der Waals surface area contributed by atoms with Crippen LogP contribution in [-0.2, 0) is 25.6 Å². The van der Waals surface area contributed by atoms with Crippen molar-refractivity contribution < 1.29 is 23.7 Å². The van der Waals surface area contributed by atoms with Crippen LogP contribution in [0.2, 0.25) is 0 Å². The zero-order valence-electron chi connectivity index (χ0n) is 21.2. The highest BCUT2D eigenvalue weighted by Gasteiger charge is 2.61. The van der Waals surface area contributed by atoms with Crippen molar-refractivity contribution in [2.45, 2.75) is 76.9 Å². The number of nitrogens with zero attached hydrogens (tertiary/aromatic N) is 4. The summed E-state index contributed by atoms with van der Waals surface area (Å²) in [5.41, 5.74) is 7.80. The maximum atomic E-state index is 13.7. The lowest BCUT2D eigenvalue weighted by Crippen LogP contribution is -2.47. The normalized spacial score (nSPS) is 25.3. The molecular formula is C26H33N5O5. The van der Waals surface area contributed by atoms with Crippen LogP contribution in [0.15, 0.2) is 48.9 Å². The van der Waals surface area contributed by atoms with Crippen molar-refractivity contribution in [3.05, 3.63) is 60.0 Å². The highest BCUT2D eigenvalue weighted by Crippen LogP contribution is 2.48. The summed E-state index contributed by atoms with van der Waals surface area (Å²) in [7, 11) is 0. The van der Waals surface area contributed by atoms with E-state index in [4.69, 9.17) is 24.7 Å². The smallest absolute Gasteiger partial charge is 0.411 e. The Kier molecular flexibility index (Phi) is 6.14. The molecule has 5 rings (SSSR count). The van der Waals surface area contributed by atoms with Crippen molar-refractivity contribution in [2.75, 3.05) is 12.3 Å². The number of hydrogen-bond acceptors (Lipinski definition) is 8. The van der Waals surface area contributed by atoms with E-state index >= 15 is 0 Å². The third-order valence-corrected chi connectivity index (χ3v) is 6.34. The average molecular weight is 496 g/mol. The Balaban J connectivity index is 1.53. The van der Waals surface area contributed by atoms with Crippen LogP contribution >= 0.6 is 0 Å². The van der Waals surface area contributed by atoms with Crippen LogP contribution in [0.4, 0.5) is 10.7 Å². The molecule has 2 N–H and O–H groups in total. The molecular weight excluding hydrogens is 462 g/mol. The minimum Gasteiger partial charge on any atom is -0.444 e. The lowest BCUT2D eigenvalue weighted by molar-refractivity contribution is -0.170. The first-order chi connectivity index (χ1) is 17.0. The Bertz CT molecular complexity index is 1240. The first-order valence-corrected chi connectivity index (χ1v) is 12.1. The Labute approximate surface area is 210 Å². The summed E-state index contributed by atoms with van der Waals surface area (Å²) < 4.78 is 26.4. The highest BCUT2D eigenvalue weighted by molar-refractivity contribution is 5.71. The third kappa shape index (κ3) is 4.63. The zero-order valence-corrected chi connectivity index (χ0v) is 21.2. The van der Waals surface area contributed by atoms with Crippen molar-refractivity contribution >= 4 is 17.7 Å². The summed E-state index contributed by atoms with van der Waals surface area (Å²) in [6.45, 7) is 9.93. The number of nitrogens with two attached hydrogens (primary N) is 1. The molecule has 0 radical (unpaired) electrons. The zero-order chi connectivity index (χ0) is 25.7. The van der Waals surface area contributed by atoms with Gasteiger partial charge in [-0.1, -0.05) is 30.3 Å². The van der Waals surface area contributed by atoms with Crippen molar-refractivity contribution in [2.24, 2.45) is 0 Å². The molecule has 1 amide bonds. The molecule has 2 aliphatic rings. The monoisotopic (exact) mass is 495 g/mol. The fourth-order valence-corrected chi connectivity index (χ4v) is 5.02. The van der Waals surface area contributed by atoms with Crippen molar-refractivity contribution in [3.63, 3.8) is 0 Å². The second kappa shape index (κ2) is 9.02. The van der Waals surface area contributed by atoms with Crippen LogP contribution in [0.5, 0.6) is 0 Å². The molecule has 36 heavy (non-hydrogen) atoms. The molecule has 0 bridgehead atoms. The van der Waals surface area contributed by atoms with E-state index in [9.17, 15) is 4.79 Å². The molecule has 1 aromatic carbocycles. The predicted octanol–water partition coefficient (Wildman–Crippen LogP) is 3.71. The molecule has 2 fully saturated rings. The van der Waals surface area contributed by atoms with Crippen LogP contribution in [-0.4, -0.2) is 61.6 Å². The lowest BCUT2D eigenvalue weighted by atomic mass is 10.0. The molecule has 10 nitrogen and oxygen atoms in total. The summed E-state index contributed by atoms with van der Waals surface area (Å²) >= 11 is 0. The van der Waals surface area contributed by atoms with Gasteiger partial charge in [-0.25, -0.2) is 14.8 Å². The van der Waals surface area contributed by atoms with Crippen molar-refractivity contribution in [1.29, 1.82) is 0 Å². The number of rotatable bonds is 5. The van der Waals surface area contributed by atoms with Gasteiger partial charge in [-0.2, -0.15) is 0 Å². The van der Waals surface area contributed by atoms with E-state index in [-0.39, 0.29) is 6.61 Å². The molecule has 4 atom stereocenters. The Morgan fingerprint density at radius 2 is 1.83 bits per heavy atom. The first kappa shape index (κ1) is 24.5. The molecule has 10 heteroatoms. The SMILES string of the molecule is CC(C)(C)OC(=O)N1[C@H](COCc2ccccc2)[C@H]2OC(C)(C)O[C@H]2[C@@H]1c1ccn2c(N)ncnc12. The van der Waals surface area contributed by atoms with E-state index in [2.05, 4.69) is 9.97 Å². The number of ether oxygens (including phenoxy) is 4. The quantitative estimate of drug-likeness (QED) is 0.570. The molecule has 4 heterocycles. The summed E-state index contributed by atoms with van der Waals surface area (Å²) in [5, 5.41) is 0. The largest absolute Gasteiger partial charge is 0.444 e. The third-order valence-electron chi connectivity index (χ3n) is 6.34. The second-order valence-corrected chi connectivity index (χ2v) is 10.7. The van der Waals surface area contributed by atoms with Gasteiger partial charge in [-0.3, -0.25) is 9.30 Å². The Hall–Kier alpha value is -3.21. The van der Waals surface area contributed by atoms with E-state index in [1.165, 1.54) is 6.33 Å². The fraction of sp³-hybridized carbons (Fsp3) is 0.500. The topological polar surface area (TPSA) is 113 Å². The maximum Gasteiger partial charge on any atom is 0.411 e. The van der Waals surface area contributed by atoms with E-state index in [1.54, 1.807) is 15.5 Å². The van der Waals surface area contributed by atoms with Gasteiger partial charge in [-0.05, 0) is 46.2 Å². The predicted molar refractivity (Wildman–Crippen MR) is 132 cm³/mol. The Morgan fingerprint density at radius 3 is 2.56 bits per heavy atom. The van der Waals surface area contributed by atoms with Gasteiger partial charge in [0.15, 0.2) is 5.79 Å². The van der Waals surface area contributed by atoms with Gasteiger partial charge < -0.3 is 24.7 Å². The maximum absolute atomic E-state index is 13.7. The number of benzene rings is 1. The molecule has 0 unspecified atom stereocenters. The molecule has 3 aromatic rings. The minimum absolute atomic E-state index is 0.244. The number of carbonyl (C=O) groups is 1. The lowest BCUT2D eigenvalue weighted by Gasteiger charge is -2.35. The number of likely N-dealkylation sites (tertiary alicyclic amines) is 1.